The lowest BCUT2D eigenvalue weighted by Crippen LogP contribution is -2.31. The largest absolute Gasteiger partial charge is 0.339 e. The maximum atomic E-state index is 11.6. The number of benzene rings is 1. The summed E-state index contributed by atoms with van der Waals surface area (Å²) < 4.78 is 0. The second-order valence-electron chi connectivity index (χ2n) is 3.43. The Morgan fingerprint density at radius 1 is 1.33 bits per heavy atom. The molecule has 0 spiro atoms. The van der Waals surface area contributed by atoms with Gasteiger partial charge in [-0.15, -0.1) is 0 Å². The lowest BCUT2D eigenvalue weighted by Gasteiger charge is -2.20. The van der Waals surface area contributed by atoms with Gasteiger partial charge in [0.25, 0.3) is 0 Å². The van der Waals surface area contributed by atoms with Gasteiger partial charge in [0.1, 0.15) is 0 Å². The predicted molar refractivity (Wildman–Crippen MR) is 61.2 cm³/mol. The van der Waals surface area contributed by atoms with Crippen LogP contribution in [0, 0.1) is 0 Å². The molecule has 0 bridgehead atoms. The van der Waals surface area contributed by atoms with Gasteiger partial charge in [-0.1, -0.05) is 30.3 Å². The molecule has 3 heteroatoms. The van der Waals surface area contributed by atoms with E-state index >= 15 is 0 Å². The second kappa shape index (κ2) is 6.19. The lowest BCUT2D eigenvalue weighted by molar-refractivity contribution is -0.131. The monoisotopic (exact) mass is 206 g/mol. The van der Waals surface area contributed by atoms with Crippen LogP contribution in [0.3, 0.4) is 0 Å². The Morgan fingerprint density at radius 2 is 2.00 bits per heavy atom. The highest BCUT2D eigenvalue weighted by Crippen LogP contribution is 2.05. The molecule has 2 N–H and O–H groups in total. The van der Waals surface area contributed by atoms with E-state index in [-0.39, 0.29) is 5.91 Å². The molecule has 0 aliphatic carbocycles. The van der Waals surface area contributed by atoms with Crippen molar-refractivity contribution in [1.82, 2.24) is 4.90 Å². The first kappa shape index (κ1) is 11.7. The molecule has 0 atom stereocenters. The highest BCUT2D eigenvalue weighted by molar-refractivity contribution is 5.76. The lowest BCUT2D eigenvalue weighted by atomic mass is 10.2. The maximum absolute atomic E-state index is 11.6. The van der Waals surface area contributed by atoms with Crippen molar-refractivity contribution in [1.29, 1.82) is 0 Å². The fraction of sp³-hybridized carbons (Fsp3) is 0.417. The van der Waals surface area contributed by atoms with Gasteiger partial charge >= 0.3 is 0 Å². The van der Waals surface area contributed by atoms with E-state index in [1.807, 2.05) is 42.2 Å². The summed E-state index contributed by atoms with van der Waals surface area (Å²) in [6.45, 7) is 3.81. The van der Waals surface area contributed by atoms with Gasteiger partial charge in [-0.3, -0.25) is 4.79 Å². The van der Waals surface area contributed by atoms with Crippen LogP contribution < -0.4 is 5.73 Å². The van der Waals surface area contributed by atoms with Gasteiger partial charge in [-0.2, -0.15) is 0 Å². The van der Waals surface area contributed by atoms with Crippen LogP contribution >= 0.6 is 0 Å². The summed E-state index contributed by atoms with van der Waals surface area (Å²) in [7, 11) is 0. The van der Waals surface area contributed by atoms with Gasteiger partial charge in [0.2, 0.25) is 5.91 Å². The molecular weight excluding hydrogens is 188 g/mol. The van der Waals surface area contributed by atoms with Crippen molar-refractivity contribution in [3.05, 3.63) is 35.9 Å². The van der Waals surface area contributed by atoms with Crippen molar-refractivity contribution in [2.75, 3.05) is 13.1 Å². The molecular formula is C12H18N2O. The fourth-order valence-electron chi connectivity index (χ4n) is 1.46. The number of nitrogens with two attached hydrogens (primary N) is 1. The van der Waals surface area contributed by atoms with E-state index in [1.54, 1.807) is 0 Å². The third kappa shape index (κ3) is 3.72. The van der Waals surface area contributed by atoms with E-state index in [4.69, 9.17) is 5.73 Å². The van der Waals surface area contributed by atoms with Gasteiger partial charge < -0.3 is 10.6 Å². The molecule has 0 aliphatic heterocycles. The number of carbonyl (C=O) groups is 1. The van der Waals surface area contributed by atoms with Crippen LogP contribution in [0.2, 0.25) is 0 Å². The molecule has 1 amide bonds. The molecule has 0 aliphatic rings. The zero-order valence-corrected chi connectivity index (χ0v) is 9.15. The Morgan fingerprint density at radius 3 is 2.53 bits per heavy atom. The summed E-state index contributed by atoms with van der Waals surface area (Å²) in [5.41, 5.74) is 6.52. The fourth-order valence-corrected chi connectivity index (χ4v) is 1.46. The minimum Gasteiger partial charge on any atom is -0.339 e. The molecule has 0 fully saturated rings. The summed E-state index contributed by atoms with van der Waals surface area (Å²) in [6.07, 6.45) is 0.431. The molecule has 0 heterocycles. The van der Waals surface area contributed by atoms with Crippen LogP contribution in [0.25, 0.3) is 0 Å². The average molecular weight is 206 g/mol. The predicted octanol–water partition coefficient (Wildman–Crippen LogP) is 1.38. The van der Waals surface area contributed by atoms with Crippen molar-refractivity contribution < 1.29 is 4.79 Å². The average Bonchev–Trinajstić information content (AvgIpc) is 2.27. The highest BCUT2D eigenvalue weighted by Gasteiger charge is 2.10. The van der Waals surface area contributed by atoms with Gasteiger partial charge in [0.15, 0.2) is 0 Å². The van der Waals surface area contributed by atoms with Gasteiger partial charge in [0.05, 0.1) is 0 Å². The van der Waals surface area contributed by atoms with Crippen molar-refractivity contribution >= 4 is 5.91 Å². The molecule has 0 saturated heterocycles. The van der Waals surface area contributed by atoms with Crippen LogP contribution in [0.5, 0.6) is 0 Å². The first-order chi connectivity index (χ1) is 7.27. The van der Waals surface area contributed by atoms with E-state index in [0.29, 0.717) is 19.5 Å². The van der Waals surface area contributed by atoms with Gasteiger partial charge in [-0.25, -0.2) is 0 Å². The minimum atomic E-state index is 0.129. The van der Waals surface area contributed by atoms with Crippen molar-refractivity contribution in [2.45, 2.75) is 19.9 Å². The molecule has 1 aromatic carbocycles. The molecule has 15 heavy (non-hydrogen) atoms. The van der Waals surface area contributed by atoms with Gasteiger partial charge in [-0.05, 0) is 12.5 Å². The number of hydrogen-bond donors (Lipinski definition) is 1. The molecule has 82 valence electrons. The van der Waals surface area contributed by atoms with Crippen LogP contribution in [0.4, 0.5) is 0 Å². The number of rotatable bonds is 5. The van der Waals surface area contributed by atoms with E-state index in [2.05, 4.69) is 0 Å². The molecule has 0 unspecified atom stereocenters. The molecule has 0 radical (unpaired) electrons. The maximum Gasteiger partial charge on any atom is 0.224 e. The van der Waals surface area contributed by atoms with Crippen molar-refractivity contribution in [2.24, 2.45) is 5.73 Å². The third-order valence-corrected chi connectivity index (χ3v) is 2.31. The van der Waals surface area contributed by atoms with E-state index in [0.717, 1.165) is 12.1 Å². The van der Waals surface area contributed by atoms with Crippen LogP contribution in [-0.2, 0) is 11.3 Å². The van der Waals surface area contributed by atoms with Crippen molar-refractivity contribution in [3.8, 4) is 0 Å². The molecule has 1 aromatic rings. The second-order valence-corrected chi connectivity index (χ2v) is 3.43. The summed E-state index contributed by atoms with van der Waals surface area (Å²) in [6, 6.07) is 9.99. The molecule has 3 nitrogen and oxygen atoms in total. The van der Waals surface area contributed by atoms with Gasteiger partial charge in [0, 0.05) is 26.1 Å². The number of carbonyl (C=O) groups excluding carboxylic acids is 1. The summed E-state index contributed by atoms with van der Waals surface area (Å²) >= 11 is 0. The van der Waals surface area contributed by atoms with Crippen LogP contribution in [-0.4, -0.2) is 23.9 Å². The highest BCUT2D eigenvalue weighted by atomic mass is 16.2. The first-order valence-corrected chi connectivity index (χ1v) is 5.29. The first-order valence-electron chi connectivity index (χ1n) is 5.29. The summed E-state index contributed by atoms with van der Waals surface area (Å²) in [5, 5.41) is 0. The minimum absolute atomic E-state index is 0.129. The Bertz CT molecular complexity index is 298. The number of nitrogens with zero attached hydrogens (tertiary/aromatic N) is 1. The Hall–Kier alpha value is -1.35. The van der Waals surface area contributed by atoms with E-state index in [1.165, 1.54) is 0 Å². The zero-order chi connectivity index (χ0) is 11.1. The van der Waals surface area contributed by atoms with Crippen LogP contribution in [0.1, 0.15) is 18.9 Å². The SMILES string of the molecule is CCN(Cc1ccccc1)C(=O)CCN. The number of hydrogen-bond acceptors (Lipinski definition) is 2. The normalized spacial score (nSPS) is 10.0. The third-order valence-electron chi connectivity index (χ3n) is 2.31. The topological polar surface area (TPSA) is 46.3 Å². The number of amides is 1. The molecule has 1 rings (SSSR count). The Balaban J connectivity index is 2.58. The summed E-state index contributed by atoms with van der Waals surface area (Å²) in [4.78, 5) is 13.4. The Kier molecular flexibility index (Phi) is 4.84. The smallest absolute Gasteiger partial charge is 0.224 e. The molecule has 0 saturated carbocycles. The van der Waals surface area contributed by atoms with Crippen molar-refractivity contribution in [3.63, 3.8) is 0 Å². The molecule has 0 aromatic heterocycles. The summed E-state index contributed by atoms with van der Waals surface area (Å²) in [5.74, 6) is 0.129. The van der Waals surface area contributed by atoms with E-state index < -0.39 is 0 Å². The zero-order valence-electron chi connectivity index (χ0n) is 9.15. The standard InChI is InChI=1S/C12H18N2O/c1-2-14(12(15)8-9-13)10-11-6-4-3-5-7-11/h3-7H,2,8-10,13H2,1H3. The quantitative estimate of drug-likeness (QED) is 0.791. The van der Waals surface area contributed by atoms with Crippen LogP contribution in [0.15, 0.2) is 30.3 Å². The Labute approximate surface area is 90.9 Å². The van der Waals surface area contributed by atoms with E-state index in [9.17, 15) is 4.79 Å².